The van der Waals surface area contributed by atoms with Crippen LogP contribution < -0.4 is 14.8 Å². The van der Waals surface area contributed by atoms with Gasteiger partial charge in [0.25, 0.3) is 0 Å². The van der Waals surface area contributed by atoms with Crippen molar-refractivity contribution in [3.05, 3.63) is 23.8 Å². The third kappa shape index (κ3) is 1.88. The summed E-state index contributed by atoms with van der Waals surface area (Å²) in [4.78, 5) is 11.1. The highest BCUT2D eigenvalue weighted by atomic mass is 16.6. The van der Waals surface area contributed by atoms with Crippen LogP contribution in [0, 0.1) is 0 Å². The first kappa shape index (κ1) is 9.83. The number of amides is 1. The average Bonchev–Trinajstić information content (AvgIpc) is 2.59. The smallest absolute Gasteiger partial charge is 0.412 e. The van der Waals surface area contributed by atoms with Crippen LogP contribution in [0.15, 0.2) is 18.2 Å². The number of nitrogens with one attached hydrogen (secondary N) is 1. The first-order valence-electron chi connectivity index (χ1n) is 4.89. The topological polar surface area (TPSA) is 47.6 Å². The van der Waals surface area contributed by atoms with Crippen molar-refractivity contribution >= 4 is 6.09 Å². The lowest BCUT2D eigenvalue weighted by Crippen LogP contribution is -2.22. The van der Waals surface area contributed by atoms with Crippen LogP contribution in [0.5, 0.6) is 11.5 Å². The van der Waals surface area contributed by atoms with E-state index in [4.69, 9.17) is 9.47 Å². The number of carbonyl (C=O) groups is 1. The highest BCUT2D eigenvalue weighted by Gasteiger charge is 2.23. The molecule has 1 unspecified atom stereocenters. The molecule has 1 aliphatic heterocycles. The van der Waals surface area contributed by atoms with Gasteiger partial charge >= 0.3 is 6.09 Å². The van der Waals surface area contributed by atoms with Crippen LogP contribution in [-0.4, -0.2) is 19.2 Å². The van der Waals surface area contributed by atoms with Crippen LogP contribution in [-0.2, 0) is 6.42 Å². The molecule has 0 aliphatic carbocycles. The molecule has 1 aromatic rings. The lowest BCUT2D eigenvalue weighted by molar-refractivity contribution is 0.202. The molecule has 0 aromatic heterocycles. The highest BCUT2D eigenvalue weighted by molar-refractivity contribution is 5.71. The monoisotopic (exact) mass is 207 g/mol. The van der Waals surface area contributed by atoms with Gasteiger partial charge in [-0.15, -0.1) is 0 Å². The van der Waals surface area contributed by atoms with Gasteiger partial charge in [0.1, 0.15) is 17.6 Å². The van der Waals surface area contributed by atoms with Crippen molar-refractivity contribution in [2.45, 2.75) is 19.4 Å². The van der Waals surface area contributed by atoms with Crippen molar-refractivity contribution in [1.29, 1.82) is 0 Å². The zero-order valence-corrected chi connectivity index (χ0v) is 8.74. The number of carbonyl (C=O) groups excluding carboxylic acids is 1. The maximum atomic E-state index is 11.1. The van der Waals surface area contributed by atoms with E-state index in [9.17, 15) is 4.79 Å². The van der Waals surface area contributed by atoms with Crippen LogP contribution in [0.4, 0.5) is 4.79 Å². The molecule has 4 heteroatoms. The number of ether oxygens (including phenoxy) is 2. The SMILES string of the molecule is CNC(=O)Oc1cccc2c1CC(C)O2. The second kappa shape index (κ2) is 3.81. The molecule has 1 aliphatic rings. The maximum Gasteiger partial charge on any atom is 0.412 e. The zero-order chi connectivity index (χ0) is 10.8. The van der Waals surface area contributed by atoms with E-state index in [0.717, 1.165) is 17.7 Å². The Morgan fingerprint density at radius 1 is 1.60 bits per heavy atom. The molecule has 1 aromatic carbocycles. The Morgan fingerprint density at radius 2 is 2.40 bits per heavy atom. The van der Waals surface area contributed by atoms with E-state index in [2.05, 4.69) is 5.32 Å². The van der Waals surface area contributed by atoms with Crippen LogP contribution in [0.25, 0.3) is 0 Å². The van der Waals surface area contributed by atoms with E-state index >= 15 is 0 Å². The summed E-state index contributed by atoms with van der Waals surface area (Å²) in [5.74, 6) is 1.39. The van der Waals surface area contributed by atoms with E-state index in [1.165, 1.54) is 7.05 Å². The number of hydrogen-bond donors (Lipinski definition) is 1. The van der Waals surface area contributed by atoms with Gasteiger partial charge in [-0.25, -0.2) is 4.79 Å². The van der Waals surface area contributed by atoms with Crippen molar-refractivity contribution in [3.63, 3.8) is 0 Å². The van der Waals surface area contributed by atoms with Crippen molar-refractivity contribution in [3.8, 4) is 11.5 Å². The molecular formula is C11H13NO3. The fourth-order valence-corrected chi connectivity index (χ4v) is 1.65. The Morgan fingerprint density at radius 3 is 3.13 bits per heavy atom. The summed E-state index contributed by atoms with van der Waals surface area (Å²) in [7, 11) is 1.53. The summed E-state index contributed by atoms with van der Waals surface area (Å²) < 4.78 is 10.7. The Balaban J connectivity index is 2.26. The fraction of sp³-hybridized carbons (Fsp3) is 0.364. The van der Waals surface area contributed by atoms with Crippen LogP contribution in [0.2, 0.25) is 0 Å². The van der Waals surface area contributed by atoms with Crippen molar-refractivity contribution in [2.24, 2.45) is 0 Å². The molecule has 1 atom stereocenters. The van der Waals surface area contributed by atoms with Gasteiger partial charge in [0.05, 0.1) is 0 Å². The molecule has 2 rings (SSSR count). The molecule has 0 fully saturated rings. The third-order valence-corrected chi connectivity index (χ3v) is 2.32. The van der Waals surface area contributed by atoms with E-state index < -0.39 is 6.09 Å². The van der Waals surface area contributed by atoms with Gasteiger partial charge < -0.3 is 14.8 Å². The second-order valence-electron chi connectivity index (χ2n) is 3.50. The third-order valence-electron chi connectivity index (χ3n) is 2.32. The molecule has 0 saturated heterocycles. The van der Waals surface area contributed by atoms with Crippen LogP contribution in [0.1, 0.15) is 12.5 Å². The van der Waals surface area contributed by atoms with E-state index in [1.807, 2.05) is 19.1 Å². The predicted octanol–water partition coefficient (Wildman–Crippen LogP) is 1.73. The van der Waals surface area contributed by atoms with E-state index in [-0.39, 0.29) is 6.10 Å². The number of fused-ring (bicyclic) bond motifs is 1. The molecule has 0 saturated carbocycles. The number of benzene rings is 1. The van der Waals surface area contributed by atoms with Gasteiger partial charge in [-0.3, -0.25) is 0 Å². The summed E-state index contributed by atoms with van der Waals surface area (Å²) >= 11 is 0. The standard InChI is InChI=1S/C11H13NO3/c1-7-6-8-9(14-7)4-3-5-10(8)15-11(13)12-2/h3-5,7H,6H2,1-2H3,(H,12,13). The Labute approximate surface area is 88.2 Å². The minimum absolute atomic E-state index is 0.148. The molecule has 1 heterocycles. The fourth-order valence-electron chi connectivity index (χ4n) is 1.65. The molecule has 0 spiro atoms. The Kier molecular flexibility index (Phi) is 2.49. The molecular weight excluding hydrogens is 194 g/mol. The van der Waals surface area contributed by atoms with Crippen molar-refractivity contribution < 1.29 is 14.3 Å². The molecule has 15 heavy (non-hydrogen) atoms. The summed E-state index contributed by atoms with van der Waals surface area (Å²) in [6.07, 6.45) is 0.472. The molecule has 80 valence electrons. The molecule has 1 N–H and O–H groups in total. The maximum absolute atomic E-state index is 11.1. The minimum Gasteiger partial charge on any atom is -0.490 e. The Bertz CT molecular complexity index is 389. The normalized spacial score (nSPS) is 17.9. The van der Waals surface area contributed by atoms with Crippen molar-refractivity contribution in [1.82, 2.24) is 5.32 Å². The summed E-state index contributed by atoms with van der Waals surface area (Å²) in [6, 6.07) is 5.47. The van der Waals surface area contributed by atoms with Gasteiger partial charge in [0.15, 0.2) is 0 Å². The van der Waals surface area contributed by atoms with Crippen LogP contribution >= 0.6 is 0 Å². The largest absolute Gasteiger partial charge is 0.490 e. The summed E-state index contributed by atoms with van der Waals surface area (Å²) in [6.45, 7) is 1.99. The molecule has 0 bridgehead atoms. The predicted molar refractivity (Wildman–Crippen MR) is 55.3 cm³/mol. The zero-order valence-electron chi connectivity index (χ0n) is 8.74. The molecule has 4 nitrogen and oxygen atoms in total. The quantitative estimate of drug-likeness (QED) is 0.762. The van der Waals surface area contributed by atoms with Gasteiger partial charge in [0, 0.05) is 19.0 Å². The van der Waals surface area contributed by atoms with Gasteiger partial charge in [0.2, 0.25) is 0 Å². The van der Waals surface area contributed by atoms with E-state index in [0.29, 0.717) is 5.75 Å². The van der Waals surface area contributed by atoms with Crippen molar-refractivity contribution in [2.75, 3.05) is 7.05 Å². The summed E-state index contributed by atoms with van der Waals surface area (Å²) in [5.41, 5.74) is 0.966. The second-order valence-corrected chi connectivity index (χ2v) is 3.50. The van der Waals surface area contributed by atoms with Gasteiger partial charge in [-0.2, -0.15) is 0 Å². The van der Waals surface area contributed by atoms with Gasteiger partial charge in [-0.1, -0.05) is 6.07 Å². The minimum atomic E-state index is -0.456. The Hall–Kier alpha value is -1.71. The van der Waals surface area contributed by atoms with E-state index in [1.54, 1.807) is 6.07 Å². The molecule has 0 radical (unpaired) electrons. The van der Waals surface area contributed by atoms with Crippen LogP contribution in [0.3, 0.4) is 0 Å². The first-order valence-corrected chi connectivity index (χ1v) is 4.89. The lowest BCUT2D eigenvalue weighted by Gasteiger charge is -2.06. The number of hydrogen-bond acceptors (Lipinski definition) is 3. The highest BCUT2D eigenvalue weighted by Crippen LogP contribution is 2.35. The lowest BCUT2D eigenvalue weighted by atomic mass is 10.1. The summed E-state index contributed by atoms with van der Waals surface area (Å²) in [5, 5.41) is 2.41. The number of rotatable bonds is 1. The molecule has 1 amide bonds. The average molecular weight is 207 g/mol. The van der Waals surface area contributed by atoms with Gasteiger partial charge in [-0.05, 0) is 19.1 Å². The first-order chi connectivity index (χ1) is 7.20.